The molecule has 0 radical (unpaired) electrons. The van der Waals surface area contributed by atoms with E-state index in [1.807, 2.05) is 18.2 Å². The minimum absolute atomic E-state index is 1.50. The van der Waals surface area contributed by atoms with E-state index < -0.39 is 15.6 Å². The van der Waals surface area contributed by atoms with Crippen molar-refractivity contribution in [3.05, 3.63) is 30.6 Å². The van der Waals surface area contributed by atoms with Crippen LogP contribution in [0.4, 0.5) is 13.2 Å². The molecule has 0 unspecified atom stereocenters. The van der Waals surface area contributed by atoms with E-state index in [4.69, 9.17) is 18.8 Å². The molecule has 9 heteroatoms. The smallest absolute Gasteiger partial charge is 0.485 e. The van der Waals surface area contributed by atoms with Gasteiger partial charge in [0.2, 0.25) is 0 Å². The highest BCUT2D eigenvalue weighted by molar-refractivity contribution is 7.86. The fourth-order valence-electron chi connectivity index (χ4n) is 0.412. The van der Waals surface area contributed by atoms with Crippen LogP contribution < -0.4 is 10.5 Å². The van der Waals surface area contributed by atoms with Crippen molar-refractivity contribution < 1.29 is 30.8 Å². The molecule has 0 aliphatic rings. The summed E-state index contributed by atoms with van der Waals surface area (Å²) >= 11 is 0. The number of hydrogen-bond acceptors (Lipinski definition) is 4. The normalized spacial score (nSPS) is 11.5. The van der Waals surface area contributed by atoms with Crippen LogP contribution in [0, 0.1) is 0 Å². The lowest BCUT2D eigenvalue weighted by Gasteiger charge is -2.08. The first kappa shape index (κ1) is 13.7. The van der Waals surface area contributed by atoms with E-state index in [0.717, 1.165) is 0 Å². The van der Waals surface area contributed by atoms with E-state index in [1.54, 1.807) is 12.4 Å². The Balaban J connectivity index is 0.000000262. The van der Waals surface area contributed by atoms with Gasteiger partial charge in [0.25, 0.3) is 0 Å². The fraction of sp³-hybridized carbons (Fsp3) is 0.167. The lowest BCUT2D eigenvalue weighted by atomic mass is 10.5. The molecule has 0 fully saturated rings. The average molecular weight is 244 g/mol. The molecule has 1 aromatic heterocycles. The number of alkyl halides is 3. The van der Waals surface area contributed by atoms with Crippen molar-refractivity contribution in [2.45, 2.75) is 5.51 Å². The van der Waals surface area contributed by atoms with Crippen LogP contribution in [0.15, 0.2) is 30.6 Å². The van der Waals surface area contributed by atoms with Gasteiger partial charge in [-0.25, -0.2) is 14.3 Å². The summed E-state index contributed by atoms with van der Waals surface area (Å²) in [6.45, 7) is 0. The van der Waals surface area contributed by atoms with Gasteiger partial charge >= 0.3 is 5.51 Å². The van der Waals surface area contributed by atoms with Gasteiger partial charge in [-0.15, -0.1) is 0 Å². The number of nitrogen functional groups attached to an aromatic ring is 1. The van der Waals surface area contributed by atoms with Crippen molar-refractivity contribution in [2.24, 2.45) is 0 Å². The second kappa shape index (κ2) is 4.94. The molecule has 0 atom stereocenters. The summed E-state index contributed by atoms with van der Waals surface area (Å²) in [6.07, 6.45) is 3.56. The summed E-state index contributed by atoms with van der Waals surface area (Å²) in [5.41, 5.74) is -5.65. The molecule has 0 aliphatic carbocycles. The molecule has 15 heavy (non-hydrogen) atoms. The van der Waals surface area contributed by atoms with Crippen LogP contribution in [0.25, 0.3) is 0 Å². The SMILES string of the molecule is N[n+]1ccccc1.O=S(=O)([O-])C(F)(F)F. The second-order valence-electron chi connectivity index (χ2n) is 2.22. The highest BCUT2D eigenvalue weighted by Gasteiger charge is 2.36. The number of nitrogens with zero attached hydrogens (tertiary/aromatic N) is 1. The van der Waals surface area contributed by atoms with Crippen LogP contribution in [-0.4, -0.2) is 18.5 Å². The molecule has 5 nitrogen and oxygen atoms in total. The third-order valence-corrected chi connectivity index (χ3v) is 1.59. The fourth-order valence-corrected chi connectivity index (χ4v) is 0.412. The first-order valence-electron chi connectivity index (χ1n) is 3.38. The highest BCUT2D eigenvalue weighted by atomic mass is 32.2. The van der Waals surface area contributed by atoms with Crippen molar-refractivity contribution in [3.8, 4) is 0 Å². The monoisotopic (exact) mass is 244 g/mol. The Kier molecular flexibility index (Phi) is 4.49. The van der Waals surface area contributed by atoms with Gasteiger partial charge in [-0.2, -0.15) is 13.2 Å². The largest absolute Gasteiger partial charge is 0.741 e. The Morgan fingerprint density at radius 3 is 1.60 bits per heavy atom. The number of hydrogen-bond donors (Lipinski definition) is 1. The zero-order valence-electron chi connectivity index (χ0n) is 7.18. The first-order chi connectivity index (χ1) is 6.64. The molecule has 1 aromatic rings. The second-order valence-corrected chi connectivity index (χ2v) is 3.59. The Hall–Kier alpha value is -1.35. The van der Waals surface area contributed by atoms with Gasteiger partial charge in [0.15, 0.2) is 22.5 Å². The topological polar surface area (TPSA) is 87.1 Å². The predicted molar refractivity (Wildman–Crippen MR) is 42.5 cm³/mol. The molecule has 0 spiro atoms. The Labute approximate surface area is 83.7 Å². The number of pyridine rings is 1. The minimum Gasteiger partial charge on any atom is -0.741 e. The first-order valence-corrected chi connectivity index (χ1v) is 4.79. The summed E-state index contributed by atoms with van der Waals surface area (Å²) in [7, 11) is -6.09. The number of halogens is 3. The molecule has 86 valence electrons. The van der Waals surface area contributed by atoms with Gasteiger partial charge in [-0.05, 0) is 0 Å². The lowest BCUT2D eigenvalue weighted by molar-refractivity contribution is -0.638. The zero-order valence-corrected chi connectivity index (χ0v) is 7.99. The molecule has 0 saturated heterocycles. The maximum absolute atomic E-state index is 10.7. The average Bonchev–Trinajstić information content (AvgIpc) is 2.02. The van der Waals surface area contributed by atoms with Crippen LogP contribution in [0.2, 0.25) is 0 Å². The van der Waals surface area contributed by atoms with Crippen LogP contribution in [-0.2, 0) is 10.1 Å². The molecule has 0 aromatic carbocycles. The van der Waals surface area contributed by atoms with Gasteiger partial charge in [-0.1, -0.05) is 10.7 Å². The van der Waals surface area contributed by atoms with Gasteiger partial charge < -0.3 is 4.55 Å². The third-order valence-electron chi connectivity index (χ3n) is 1.02. The third kappa shape index (κ3) is 5.86. The Morgan fingerprint density at radius 2 is 1.47 bits per heavy atom. The minimum atomic E-state index is -6.09. The quantitative estimate of drug-likeness (QED) is 0.295. The van der Waals surface area contributed by atoms with Gasteiger partial charge in [0.05, 0.1) is 0 Å². The summed E-state index contributed by atoms with van der Waals surface area (Å²) in [5.74, 6) is 5.27. The van der Waals surface area contributed by atoms with Crippen molar-refractivity contribution >= 4 is 10.1 Å². The summed E-state index contributed by atoms with van der Waals surface area (Å²) in [6, 6.07) is 5.67. The maximum Gasteiger partial charge on any atom is 0.485 e. The molecular weight excluding hydrogens is 237 g/mol. The van der Waals surface area contributed by atoms with Gasteiger partial charge in [-0.3, -0.25) is 0 Å². The summed E-state index contributed by atoms with van der Waals surface area (Å²) in [4.78, 5) is 0. The molecular formula is C6H7F3N2O3S. The highest BCUT2D eigenvalue weighted by Crippen LogP contribution is 2.20. The van der Waals surface area contributed by atoms with E-state index >= 15 is 0 Å². The van der Waals surface area contributed by atoms with Crippen LogP contribution >= 0.6 is 0 Å². The number of nitrogens with two attached hydrogens (primary N) is 1. The van der Waals surface area contributed by atoms with Crippen LogP contribution in [0.1, 0.15) is 0 Å². The standard InChI is InChI=1S/C5H7N2.CHF3O3S/c6-7-4-2-1-3-5-7;2-1(3,4)8(5,6)7/h1-5H,6H2;(H,5,6,7)/q+1;/p-1. The van der Waals surface area contributed by atoms with Crippen molar-refractivity contribution in [3.63, 3.8) is 0 Å². The Bertz CT molecular complexity index is 390. The van der Waals surface area contributed by atoms with Crippen LogP contribution in [0.5, 0.6) is 0 Å². The predicted octanol–water partition coefficient (Wildman–Crippen LogP) is -0.261. The van der Waals surface area contributed by atoms with Crippen molar-refractivity contribution in [1.29, 1.82) is 0 Å². The molecule has 0 amide bonds. The van der Waals surface area contributed by atoms with Crippen molar-refractivity contribution in [1.82, 2.24) is 0 Å². The van der Waals surface area contributed by atoms with E-state index in [9.17, 15) is 13.2 Å². The molecule has 0 saturated carbocycles. The molecule has 1 heterocycles. The van der Waals surface area contributed by atoms with Crippen LogP contribution in [0.3, 0.4) is 0 Å². The zero-order chi connectivity index (χ0) is 12.1. The van der Waals surface area contributed by atoms with E-state index in [0.29, 0.717) is 0 Å². The molecule has 0 aliphatic heterocycles. The number of aromatic nitrogens is 1. The molecule has 2 N–H and O–H groups in total. The molecule has 1 rings (SSSR count). The van der Waals surface area contributed by atoms with Gasteiger partial charge in [0, 0.05) is 12.1 Å². The lowest BCUT2D eigenvalue weighted by Crippen LogP contribution is -2.42. The molecule has 0 bridgehead atoms. The van der Waals surface area contributed by atoms with E-state index in [2.05, 4.69) is 0 Å². The van der Waals surface area contributed by atoms with E-state index in [-0.39, 0.29) is 0 Å². The summed E-state index contributed by atoms with van der Waals surface area (Å²) in [5, 5.41) is 0. The van der Waals surface area contributed by atoms with Crippen molar-refractivity contribution in [2.75, 3.05) is 5.84 Å². The number of rotatable bonds is 0. The maximum atomic E-state index is 10.7. The van der Waals surface area contributed by atoms with E-state index in [1.165, 1.54) is 4.68 Å². The van der Waals surface area contributed by atoms with Gasteiger partial charge in [0.1, 0.15) is 0 Å². The summed E-state index contributed by atoms with van der Waals surface area (Å²) < 4.78 is 60.4. The Morgan fingerprint density at radius 1 is 1.13 bits per heavy atom.